The van der Waals surface area contributed by atoms with Crippen molar-refractivity contribution in [3.63, 3.8) is 0 Å². The van der Waals surface area contributed by atoms with Gasteiger partial charge in [-0.25, -0.2) is 0 Å². The molecule has 0 aromatic heterocycles. The van der Waals surface area contributed by atoms with Crippen LogP contribution < -0.4 is 4.74 Å². The first-order valence-electron chi connectivity index (χ1n) is 5.64. The van der Waals surface area contributed by atoms with Crippen LogP contribution >= 0.6 is 0 Å². The number of rotatable bonds is 5. The fraction of sp³-hybridized carbons (Fsp3) is 0.417. The maximum Gasteiger partial charge on any atom is 0.273 e. The second kappa shape index (κ2) is 5.59. The summed E-state index contributed by atoms with van der Waals surface area (Å²) < 4.78 is 10.4. The van der Waals surface area contributed by atoms with Gasteiger partial charge in [-0.15, -0.1) is 0 Å². The largest absolute Gasteiger partial charge is 0.486 e. The van der Waals surface area contributed by atoms with E-state index < -0.39 is 4.92 Å². The van der Waals surface area contributed by atoms with Gasteiger partial charge in [0.15, 0.2) is 5.78 Å². The van der Waals surface area contributed by atoms with E-state index in [1.54, 1.807) is 6.07 Å². The Morgan fingerprint density at radius 2 is 2.39 bits per heavy atom. The van der Waals surface area contributed by atoms with Crippen molar-refractivity contribution in [3.05, 3.63) is 34.4 Å². The molecule has 6 nitrogen and oxygen atoms in total. The normalized spacial score (nSPS) is 18.6. The lowest BCUT2D eigenvalue weighted by atomic mass is 10.0. The Morgan fingerprint density at radius 3 is 3.06 bits per heavy atom. The van der Waals surface area contributed by atoms with Crippen LogP contribution in [0.3, 0.4) is 0 Å². The van der Waals surface area contributed by atoms with Crippen LogP contribution in [-0.2, 0) is 9.53 Å². The summed E-state index contributed by atoms with van der Waals surface area (Å²) >= 11 is 0. The molecule has 6 heteroatoms. The maximum absolute atomic E-state index is 11.7. The summed E-state index contributed by atoms with van der Waals surface area (Å²) in [7, 11) is 0. The molecule has 1 aliphatic rings. The van der Waals surface area contributed by atoms with Crippen molar-refractivity contribution < 1.29 is 19.2 Å². The van der Waals surface area contributed by atoms with E-state index in [-0.39, 0.29) is 24.0 Å². The molecule has 0 aliphatic carbocycles. The minimum atomic E-state index is -0.501. The van der Waals surface area contributed by atoms with Crippen LogP contribution in [0, 0.1) is 16.0 Å². The molecule has 1 fully saturated rings. The molecule has 1 unspecified atom stereocenters. The second-order valence-electron chi connectivity index (χ2n) is 4.07. The molecule has 18 heavy (non-hydrogen) atoms. The van der Waals surface area contributed by atoms with Gasteiger partial charge in [0.25, 0.3) is 5.69 Å². The molecular weight excluding hydrogens is 238 g/mol. The summed E-state index contributed by atoms with van der Waals surface area (Å²) in [5, 5.41) is 10.6. The van der Waals surface area contributed by atoms with Crippen LogP contribution in [0.4, 0.5) is 5.69 Å². The number of nitrogens with zero attached hydrogens (tertiary/aromatic N) is 1. The van der Waals surface area contributed by atoms with Gasteiger partial charge in [-0.3, -0.25) is 14.9 Å². The summed E-state index contributed by atoms with van der Waals surface area (Å²) in [5.74, 6) is 0.194. The van der Waals surface area contributed by atoms with Crippen molar-refractivity contribution in [3.8, 4) is 5.75 Å². The standard InChI is InChI=1S/C12H13NO5/c14-12(9-4-5-17-7-9)8-18-11-3-1-2-10(6-11)13(15)16/h1-3,6,9H,4-5,7-8H2. The summed E-state index contributed by atoms with van der Waals surface area (Å²) in [6.07, 6.45) is 0.719. The molecule has 0 amide bonds. The number of non-ortho nitro benzene ring substituents is 1. The number of Topliss-reactive ketones (excluding diaryl/α,β-unsaturated/α-hetero) is 1. The van der Waals surface area contributed by atoms with Gasteiger partial charge in [0, 0.05) is 18.6 Å². The van der Waals surface area contributed by atoms with Crippen molar-refractivity contribution in [2.24, 2.45) is 5.92 Å². The number of carbonyl (C=O) groups is 1. The summed E-state index contributed by atoms with van der Waals surface area (Å²) in [6, 6.07) is 5.79. The zero-order valence-corrected chi connectivity index (χ0v) is 9.70. The molecule has 1 aromatic rings. The highest BCUT2D eigenvalue weighted by atomic mass is 16.6. The van der Waals surface area contributed by atoms with Gasteiger partial charge in [0.05, 0.1) is 17.6 Å². The van der Waals surface area contributed by atoms with E-state index in [0.29, 0.717) is 19.0 Å². The number of carbonyl (C=O) groups excluding carboxylic acids is 1. The molecule has 1 aromatic carbocycles. The molecule has 0 N–H and O–H groups in total. The Morgan fingerprint density at radius 1 is 1.56 bits per heavy atom. The molecule has 2 rings (SSSR count). The molecule has 0 radical (unpaired) electrons. The number of benzene rings is 1. The van der Waals surface area contributed by atoms with Crippen molar-refractivity contribution in [2.45, 2.75) is 6.42 Å². The van der Waals surface area contributed by atoms with Crippen LogP contribution in [0.2, 0.25) is 0 Å². The number of nitro groups is 1. The van der Waals surface area contributed by atoms with Gasteiger partial charge in [-0.05, 0) is 12.5 Å². The van der Waals surface area contributed by atoms with Crippen LogP contribution in [0.5, 0.6) is 5.75 Å². The third-order valence-corrected chi connectivity index (χ3v) is 2.79. The molecule has 1 atom stereocenters. The monoisotopic (exact) mass is 251 g/mol. The Balaban J connectivity index is 1.91. The summed E-state index contributed by atoms with van der Waals surface area (Å²) in [6.45, 7) is 0.972. The van der Waals surface area contributed by atoms with Gasteiger partial charge < -0.3 is 9.47 Å². The lowest BCUT2D eigenvalue weighted by Gasteiger charge is -2.08. The number of ether oxygens (including phenoxy) is 2. The highest BCUT2D eigenvalue weighted by Crippen LogP contribution is 2.20. The first kappa shape index (κ1) is 12.5. The van der Waals surface area contributed by atoms with E-state index in [4.69, 9.17) is 9.47 Å². The van der Waals surface area contributed by atoms with E-state index in [9.17, 15) is 14.9 Å². The van der Waals surface area contributed by atoms with Crippen LogP contribution in [0.15, 0.2) is 24.3 Å². The number of nitro benzene ring substituents is 1. The van der Waals surface area contributed by atoms with E-state index >= 15 is 0 Å². The Kier molecular flexibility index (Phi) is 3.88. The van der Waals surface area contributed by atoms with Gasteiger partial charge in [-0.1, -0.05) is 6.07 Å². The molecule has 0 saturated carbocycles. The van der Waals surface area contributed by atoms with Crippen molar-refractivity contribution in [1.82, 2.24) is 0 Å². The fourth-order valence-corrected chi connectivity index (χ4v) is 1.75. The molecule has 0 spiro atoms. The van der Waals surface area contributed by atoms with E-state index in [1.165, 1.54) is 18.2 Å². The first-order valence-corrected chi connectivity index (χ1v) is 5.64. The minimum Gasteiger partial charge on any atom is -0.486 e. The van der Waals surface area contributed by atoms with Crippen LogP contribution in [-0.4, -0.2) is 30.5 Å². The van der Waals surface area contributed by atoms with Gasteiger partial charge >= 0.3 is 0 Å². The van der Waals surface area contributed by atoms with Gasteiger partial charge in [-0.2, -0.15) is 0 Å². The molecule has 0 bridgehead atoms. The van der Waals surface area contributed by atoms with E-state index in [2.05, 4.69) is 0 Å². The van der Waals surface area contributed by atoms with E-state index in [1.807, 2.05) is 0 Å². The number of hydrogen-bond donors (Lipinski definition) is 0. The summed E-state index contributed by atoms with van der Waals surface area (Å²) in [4.78, 5) is 21.8. The lowest BCUT2D eigenvalue weighted by Crippen LogP contribution is -2.21. The Bertz CT molecular complexity index is 454. The second-order valence-corrected chi connectivity index (χ2v) is 4.07. The number of ketones is 1. The van der Waals surface area contributed by atoms with Crippen molar-refractivity contribution >= 4 is 11.5 Å². The first-order chi connectivity index (χ1) is 8.66. The molecular formula is C12H13NO5. The van der Waals surface area contributed by atoms with E-state index in [0.717, 1.165) is 6.42 Å². The topological polar surface area (TPSA) is 78.7 Å². The number of hydrogen-bond acceptors (Lipinski definition) is 5. The molecule has 96 valence electrons. The predicted octanol–water partition coefficient (Wildman–Crippen LogP) is 1.58. The highest BCUT2D eigenvalue weighted by molar-refractivity contribution is 5.82. The quantitative estimate of drug-likeness (QED) is 0.586. The Labute approximate surface area is 104 Å². The minimum absolute atomic E-state index is 0.0287. The van der Waals surface area contributed by atoms with Crippen molar-refractivity contribution in [2.75, 3.05) is 19.8 Å². The predicted molar refractivity (Wildman–Crippen MR) is 62.5 cm³/mol. The zero-order chi connectivity index (χ0) is 13.0. The Hall–Kier alpha value is -1.95. The van der Waals surface area contributed by atoms with Crippen LogP contribution in [0.25, 0.3) is 0 Å². The smallest absolute Gasteiger partial charge is 0.273 e. The lowest BCUT2D eigenvalue weighted by molar-refractivity contribution is -0.384. The van der Waals surface area contributed by atoms with Crippen molar-refractivity contribution in [1.29, 1.82) is 0 Å². The SMILES string of the molecule is O=C(COc1cccc([N+](=O)[O-])c1)C1CCOC1. The van der Waals surface area contributed by atoms with Crippen LogP contribution in [0.1, 0.15) is 6.42 Å². The molecule has 1 aliphatic heterocycles. The average Bonchev–Trinajstić information content (AvgIpc) is 2.90. The fourth-order valence-electron chi connectivity index (χ4n) is 1.75. The summed E-state index contributed by atoms with van der Waals surface area (Å²) in [5.41, 5.74) is -0.0517. The third-order valence-electron chi connectivity index (χ3n) is 2.79. The average molecular weight is 251 g/mol. The highest BCUT2D eigenvalue weighted by Gasteiger charge is 2.23. The molecule has 1 heterocycles. The molecule has 1 saturated heterocycles. The maximum atomic E-state index is 11.7. The van der Waals surface area contributed by atoms with Gasteiger partial charge in [0.1, 0.15) is 12.4 Å². The zero-order valence-electron chi connectivity index (χ0n) is 9.70. The third kappa shape index (κ3) is 3.04. The van der Waals surface area contributed by atoms with Gasteiger partial charge in [0.2, 0.25) is 0 Å².